The zero-order chi connectivity index (χ0) is 17.9. The lowest BCUT2D eigenvalue weighted by Crippen LogP contribution is -2.18. The fourth-order valence-corrected chi connectivity index (χ4v) is 2.68. The lowest BCUT2D eigenvalue weighted by molar-refractivity contribution is 0.0706. The minimum absolute atomic E-state index is 0.344. The first-order valence-electron chi connectivity index (χ1n) is 8.00. The largest absolute Gasteiger partial charge is 0.457 e. The average Bonchev–Trinajstić information content (AvgIpc) is 3.12. The first-order valence-corrected chi connectivity index (χ1v) is 8.00. The van der Waals surface area contributed by atoms with E-state index < -0.39 is 5.91 Å². The molecule has 0 spiro atoms. The molecular weight excluding hydrogens is 330 g/mol. The number of rotatable bonds is 4. The van der Waals surface area contributed by atoms with E-state index in [0.717, 1.165) is 16.8 Å². The van der Waals surface area contributed by atoms with Crippen LogP contribution in [0.4, 0.5) is 0 Å². The Labute approximate surface area is 149 Å². The van der Waals surface area contributed by atoms with Crippen LogP contribution in [0.1, 0.15) is 10.4 Å². The SMILES string of the molecule is O=C(NO)c1ccc2nc(-c3cccc(Oc4ccccc4)c3)[nH]c2c1. The fraction of sp³-hybridized carbons (Fsp3) is 0. The standard InChI is InChI=1S/C20H15N3O3/c24-20(23-25)14-9-10-17-18(12-14)22-19(21-17)13-5-4-8-16(11-13)26-15-6-2-1-3-7-15/h1-12,25H,(H,21,22)(H,23,24). The van der Waals surface area contributed by atoms with Gasteiger partial charge in [0.25, 0.3) is 5.91 Å². The summed E-state index contributed by atoms with van der Waals surface area (Å²) in [5.74, 6) is 1.56. The molecule has 3 aromatic carbocycles. The Kier molecular flexibility index (Phi) is 4.09. The molecular formula is C20H15N3O3. The third-order valence-corrected chi connectivity index (χ3v) is 3.93. The molecule has 0 aliphatic heterocycles. The molecule has 0 saturated heterocycles. The van der Waals surface area contributed by atoms with Crippen molar-refractivity contribution in [1.29, 1.82) is 0 Å². The van der Waals surface area contributed by atoms with Crippen molar-refractivity contribution >= 4 is 16.9 Å². The lowest BCUT2D eigenvalue weighted by atomic mass is 10.2. The quantitative estimate of drug-likeness (QED) is 0.383. The summed E-state index contributed by atoms with van der Waals surface area (Å²) in [7, 11) is 0. The van der Waals surface area contributed by atoms with E-state index >= 15 is 0 Å². The van der Waals surface area contributed by atoms with Crippen LogP contribution in [0.3, 0.4) is 0 Å². The maximum absolute atomic E-state index is 11.5. The summed E-state index contributed by atoms with van der Waals surface area (Å²) >= 11 is 0. The number of H-pyrrole nitrogens is 1. The second-order valence-corrected chi connectivity index (χ2v) is 5.70. The van der Waals surface area contributed by atoms with Gasteiger partial charge in [-0.15, -0.1) is 0 Å². The Hall–Kier alpha value is -3.64. The van der Waals surface area contributed by atoms with E-state index in [1.54, 1.807) is 23.7 Å². The van der Waals surface area contributed by atoms with Crippen molar-refractivity contribution in [2.45, 2.75) is 0 Å². The zero-order valence-corrected chi connectivity index (χ0v) is 13.6. The van der Waals surface area contributed by atoms with Crippen molar-refractivity contribution in [3.63, 3.8) is 0 Å². The maximum atomic E-state index is 11.5. The topological polar surface area (TPSA) is 87.2 Å². The van der Waals surface area contributed by atoms with E-state index in [1.807, 2.05) is 54.6 Å². The van der Waals surface area contributed by atoms with Crippen molar-refractivity contribution < 1.29 is 14.7 Å². The van der Waals surface area contributed by atoms with Gasteiger partial charge in [-0.3, -0.25) is 10.0 Å². The van der Waals surface area contributed by atoms with Crippen LogP contribution in [0.2, 0.25) is 0 Å². The summed E-state index contributed by atoms with van der Waals surface area (Å²) < 4.78 is 5.86. The summed E-state index contributed by atoms with van der Waals surface area (Å²) in [6, 6.07) is 22.1. The number of imidazole rings is 1. The number of nitrogens with zero attached hydrogens (tertiary/aromatic N) is 1. The van der Waals surface area contributed by atoms with E-state index in [-0.39, 0.29) is 0 Å². The van der Waals surface area contributed by atoms with Crippen molar-refractivity contribution in [1.82, 2.24) is 15.4 Å². The van der Waals surface area contributed by atoms with Crippen molar-refractivity contribution in [3.05, 3.63) is 78.4 Å². The Morgan fingerprint density at radius 3 is 2.58 bits per heavy atom. The number of amides is 1. The third-order valence-electron chi connectivity index (χ3n) is 3.93. The summed E-state index contributed by atoms with van der Waals surface area (Å²) in [5.41, 5.74) is 4.26. The Bertz CT molecular complexity index is 1070. The van der Waals surface area contributed by atoms with Crippen molar-refractivity contribution in [3.8, 4) is 22.9 Å². The molecule has 3 N–H and O–H groups in total. The molecule has 0 aliphatic rings. The number of fused-ring (bicyclic) bond motifs is 1. The third kappa shape index (κ3) is 3.13. The number of nitrogens with one attached hydrogen (secondary N) is 2. The zero-order valence-electron chi connectivity index (χ0n) is 13.6. The average molecular weight is 345 g/mol. The summed E-state index contributed by atoms with van der Waals surface area (Å²) in [6.45, 7) is 0. The Morgan fingerprint density at radius 1 is 0.962 bits per heavy atom. The van der Waals surface area contributed by atoms with Gasteiger partial charge < -0.3 is 9.72 Å². The number of aromatic amines is 1. The first kappa shape index (κ1) is 15.9. The van der Waals surface area contributed by atoms with Crippen LogP contribution in [0.25, 0.3) is 22.4 Å². The minimum Gasteiger partial charge on any atom is -0.457 e. The van der Waals surface area contributed by atoms with Crippen LogP contribution < -0.4 is 10.2 Å². The Morgan fingerprint density at radius 2 is 1.77 bits per heavy atom. The van der Waals surface area contributed by atoms with E-state index in [1.165, 1.54) is 0 Å². The number of ether oxygens (including phenoxy) is 1. The fourth-order valence-electron chi connectivity index (χ4n) is 2.68. The van der Waals surface area contributed by atoms with Gasteiger partial charge in [0, 0.05) is 11.1 Å². The molecule has 6 heteroatoms. The molecule has 1 heterocycles. The van der Waals surface area contributed by atoms with Gasteiger partial charge in [-0.2, -0.15) is 0 Å². The van der Waals surface area contributed by atoms with Gasteiger partial charge in [0.15, 0.2) is 0 Å². The van der Waals surface area contributed by atoms with Crippen LogP contribution in [0.5, 0.6) is 11.5 Å². The highest BCUT2D eigenvalue weighted by Crippen LogP contribution is 2.27. The Balaban J connectivity index is 1.67. The smallest absolute Gasteiger partial charge is 0.274 e. The minimum atomic E-state index is -0.568. The number of carbonyl (C=O) groups is 1. The highest BCUT2D eigenvalue weighted by Gasteiger charge is 2.10. The number of aromatic nitrogens is 2. The number of carbonyl (C=O) groups excluding carboxylic acids is 1. The van der Waals surface area contributed by atoms with Crippen LogP contribution in [0, 0.1) is 0 Å². The highest BCUT2D eigenvalue weighted by atomic mass is 16.5. The van der Waals surface area contributed by atoms with Gasteiger partial charge in [-0.05, 0) is 42.5 Å². The van der Waals surface area contributed by atoms with Gasteiger partial charge in [0.1, 0.15) is 17.3 Å². The van der Waals surface area contributed by atoms with Crippen LogP contribution in [-0.2, 0) is 0 Å². The molecule has 26 heavy (non-hydrogen) atoms. The van der Waals surface area contributed by atoms with E-state index in [4.69, 9.17) is 9.94 Å². The molecule has 0 bridgehead atoms. The number of hydrogen-bond donors (Lipinski definition) is 3. The molecule has 4 aromatic rings. The van der Waals surface area contributed by atoms with E-state index in [9.17, 15) is 4.79 Å². The summed E-state index contributed by atoms with van der Waals surface area (Å²) in [5, 5.41) is 8.76. The summed E-state index contributed by atoms with van der Waals surface area (Å²) in [4.78, 5) is 19.3. The molecule has 1 aromatic heterocycles. The molecule has 0 atom stereocenters. The van der Waals surface area contributed by atoms with Crippen LogP contribution >= 0.6 is 0 Å². The molecule has 6 nitrogen and oxygen atoms in total. The van der Waals surface area contributed by atoms with E-state index in [2.05, 4.69) is 9.97 Å². The van der Waals surface area contributed by atoms with Gasteiger partial charge in [0.05, 0.1) is 11.0 Å². The molecule has 0 saturated carbocycles. The second-order valence-electron chi connectivity index (χ2n) is 5.70. The highest BCUT2D eigenvalue weighted by molar-refractivity contribution is 5.97. The molecule has 0 aliphatic carbocycles. The van der Waals surface area contributed by atoms with Gasteiger partial charge in [-0.25, -0.2) is 10.5 Å². The van der Waals surface area contributed by atoms with Gasteiger partial charge in [0.2, 0.25) is 0 Å². The number of benzene rings is 3. The predicted molar refractivity (Wildman–Crippen MR) is 97.3 cm³/mol. The van der Waals surface area contributed by atoms with Gasteiger partial charge in [-0.1, -0.05) is 30.3 Å². The number of hydrogen-bond acceptors (Lipinski definition) is 4. The predicted octanol–water partition coefficient (Wildman–Crippen LogP) is 4.14. The normalized spacial score (nSPS) is 10.7. The molecule has 0 unspecified atom stereocenters. The number of hydroxylamine groups is 1. The molecule has 1 amide bonds. The van der Waals surface area contributed by atoms with Crippen molar-refractivity contribution in [2.75, 3.05) is 0 Å². The van der Waals surface area contributed by atoms with Crippen LogP contribution in [0.15, 0.2) is 72.8 Å². The number of para-hydroxylation sites is 1. The monoisotopic (exact) mass is 345 g/mol. The second kappa shape index (κ2) is 6.70. The molecule has 0 radical (unpaired) electrons. The molecule has 4 rings (SSSR count). The first-order chi connectivity index (χ1) is 12.7. The summed E-state index contributed by atoms with van der Waals surface area (Å²) in [6.07, 6.45) is 0. The van der Waals surface area contributed by atoms with Crippen LogP contribution in [-0.4, -0.2) is 21.1 Å². The molecule has 128 valence electrons. The van der Waals surface area contributed by atoms with Gasteiger partial charge >= 0.3 is 0 Å². The van der Waals surface area contributed by atoms with Crippen molar-refractivity contribution in [2.24, 2.45) is 0 Å². The lowest BCUT2D eigenvalue weighted by Gasteiger charge is -2.06. The molecule has 0 fully saturated rings. The maximum Gasteiger partial charge on any atom is 0.274 e. The van der Waals surface area contributed by atoms with E-state index in [0.29, 0.717) is 22.7 Å².